The van der Waals surface area contributed by atoms with Gasteiger partial charge in [0.2, 0.25) is 5.91 Å². The number of ether oxygens (including phenoxy) is 1. The predicted octanol–water partition coefficient (Wildman–Crippen LogP) is 4.78. The average Bonchev–Trinajstić information content (AvgIpc) is 2.69. The Bertz CT molecular complexity index is 840. The molecule has 3 aromatic rings. The number of rotatable bonds is 6. The van der Waals surface area contributed by atoms with E-state index in [1.54, 1.807) is 7.11 Å². The molecule has 0 aromatic heterocycles. The van der Waals surface area contributed by atoms with E-state index < -0.39 is 0 Å². The first kappa shape index (κ1) is 17.7. The Morgan fingerprint density at radius 2 is 1.50 bits per heavy atom. The molecule has 3 aromatic carbocycles. The van der Waals surface area contributed by atoms with Gasteiger partial charge in [-0.2, -0.15) is 0 Å². The molecule has 0 bridgehead atoms. The van der Waals surface area contributed by atoms with E-state index in [9.17, 15) is 4.79 Å². The lowest BCUT2D eigenvalue weighted by atomic mass is 10.0. The zero-order chi connectivity index (χ0) is 18.4. The smallest absolute Gasteiger partial charge is 0.224 e. The van der Waals surface area contributed by atoms with Crippen molar-refractivity contribution in [3.63, 3.8) is 0 Å². The number of amides is 1. The molecule has 3 nitrogen and oxygen atoms in total. The van der Waals surface area contributed by atoms with Crippen LogP contribution in [0.5, 0.6) is 5.75 Å². The van der Waals surface area contributed by atoms with Crippen LogP contribution in [0.1, 0.15) is 24.1 Å². The lowest BCUT2D eigenvalue weighted by Crippen LogP contribution is -2.28. The molecule has 0 aliphatic rings. The molecule has 0 saturated heterocycles. The van der Waals surface area contributed by atoms with E-state index in [2.05, 4.69) is 29.6 Å². The maximum absolute atomic E-state index is 12.3. The second kappa shape index (κ2) is 8.34. The molecule has 132 valence electrons. The van der Waals surface area contributed by atoms with Gasteiger partial charge in [0.05, 0.1) is 19.6 Å². The Balaban J connectivity index is 1.59. The van der Waals surface area contributed by atoms with Gasteiger partial charge in [-0.1, -0.05) is 66.7 Å². The Kier molecular flexibility index (Phi) is 5.69. The molecular weight excluding hydrogens is 322 g/mol. The van der Waals surface area contributed by atoms with Crippen LogP contribution in [-0.4, -0.2) is 13.0 Å². The number of hydrogen-bond acceptors (Lipinski definition) is 2. The van der Waals surface area contributed by atoms with Crippen molar-refractivity contribution in [3.8, 4) is 16.9 Å². The molecule has 3 heteroatoms. The lowest BCUT2D eigenvalue weighted by molar-refractivity contribution is -0.121. The van der Waals surface area contributed by atoms with Gasteiger partial charge >= 0.3 is 0 Å². The van der Waals surface area contributed by atoms with E-state index in [1.165, 1.54) is 5.56 Å². The van der Waals surface area contributed by atoms with Crippen LogP contribution in [0.3, 0.4) is 0 Å². The predicted molar refractivity (Wildman–Crippen MR) is 105 cm³/mol. The fourth-order valence-corrected chi connectivity index (χ4v) is 2.90. The summed E-state index contributed by atoms with van der Waals surface area (Å²) in [5.41, 5.74) is 4.39. The SMILES string of the molecule is COc1ccc([C@H](C)NC(=O)Cc2ccc(-c3ccccc3)cc2)cc1. The molecule has 0 unspecified atom stereocenters. The lowest BCUT2D eigenvalue weighted by Gasteiger charge is -2.15. The number of hydrogen-bond donors (Lipinski definition) is 1. The molecule has 0 aliphatic heterocycles. The summed E-state index contributed by atoms with van der Waals surface area (Å²) in [4.78, 5) is 12.3. The van der Waals surface area contributed by atoms with Gasteiger partial charge in [-0.05, 0) is 41.3 Å². The van der Waals surface area contributed by atoms with Crippen molar-refractivity contribution in [1.82, 2.24) is 5.32 Å². The van der Waals surface area contributed by atoms with Crippen LogP contribution in [0.4, 0.5) is 0 Å². The molecule has 1 amide bonds. The van der Waals surface area contributed by atoms with Crippen LogP contribution in [0.2, 0.25) is 0 Å². The number of carbonyl (C=O) groups excluding carboxylic acids is 1. The minimum atomic E-state index is -0.0444. The molecule has 3 rings (SSSR count). The van der Waals surface area contributed by atoms with Gasteiger partial charge in [-0.25, -0.2) is 0 Å². The third-order valence-electron chi connectivity index (χ3n) is 4.42. The van der Waals surface area contributed by atoms with Crippen LogP contribution in [-0.2, 0) is 11.2 Å². The molecule has 0 spiro atoms. The van der Waals surface area contributed by atoms with Gasteiger partial charge in [0.15, 0.2) is 0 Å². The van der Waals surface area contributed by atoms with E-state index in [0.29, 0.717) is 6.42 Å². The van der Waals surface area contributed by atoms with Gasteiger partial charge in [-0.15, -0.1) is 0 Å². The largest absolute Gasteiger partial charge is 0.497 e. The van der Waals surface area contributed by atoms with Crippen molar-refractivity contribution >= 4 is 5.91 Å². The van der Waals surface area contributed by atoms with Crippen molar-refractivity contribution in [2.45, 2.75) is 19.4 Å². The van der Waals surface area contributed by atoms with Crippen LogP contribution in [0.15, 0.2) is 78.9 Å². The summed E-state index contributed by atoms with van der Waals surface area (Å²) in [7, 11) is 1.64. The van der Waals surface area contributed by atoms with Gasteiger partial charge in [0.25, 0.3) is 0 Å². The molecular formula is C23H23NO2. The van der Waals surface area contributed by atoms with E-state index in [-0.39, 0.29) is 11.9 Å². The van der Waals surface area contributed by atoms with Gasteiger partial charge in [0, 0.05) is 0 Å². The second-order valence-corrected chi connectivity index (χ2v) is 6.30. The molecule has 26 heavy (non-hydrogen) atoms. The van der Waals surface area contributed by atoms with E-state index >= 15 is 0 Å². The van der Waals surface area contributed by atoms with Crippen molar-refractivity contribution in [1.29, 1.82) is 0 Å². The first-order chi connectivity index (χ1) is 12.7. The summed E-state index contributed by atoms with van der Waals surface area (Å²) < 4.78 is 5.16. The third kappa shape index (κ3) is 4.51. The number of carbonyl (C=O) groups is 1. The Morgan fingerprint density at radius 1 is 0.885 bits per heavy atom. The summed E-state index contributed by atoms with van der Waals surface area (Å²) >= 11 is 0. The zero-order valence-corrected chi connectivity index (χ0v) is 15.1. The topological polar surface area (TPSA) is 38.3 Å². The highest BCUT2D eigenvalue weighted by molar-refractivity contribution is 5.79. The van der Waals surface area contributed by atoms with Crippen LogP contribution in [0.25, 0.3) is 11.1 Å². The molecule has 0 fully saturated rings. The Morgan fingerprint density at radius 3 is 2.12 bits per heavy atom. The van der Waals surface area contributed by atoms with Gasteiger partial charge < -0.3 is 10.1 Å². The Labute approximate surface area is 154 Å². The maximum Gasteiger partial charge on any atom is 0.224 e. The molecule has 0 radical (unpaired) electrons. The normalized spacial score (nSPS) is 11.6. The quantitative estimate of drug-likeness (QED) is 0.698. The summed E-state index contributed by atoms with van der Waals surface area (Å²) in [5, 5.41) is 3.05. The zero-order valence-electron chi connectivity index (χ0n) is 15.1. The first-order valence-corrected chi connectivity index (χ1v) is 8.73. The highest BCUT2D eigenvalue weighted by Gasteiger charge is 2.10. The maximum atomic E-state index is 12.3. The van der Waals surface area contributed by atoms with Crippen LogP contribution < -0.4 is 10.1 Å². The fraction of sp³-hybridized carbons (Fsp3) is 0.174. The molecule has 0 aliphatic carbocycles. The highest BCUT2D eigenvalue weighted by atomic mass is 16.5. The molecule has 0 saturated carbocycles. The summed E-state index contributed by atoms with van der Waals surface area (Å²) in [6.07, 6.45) is 0.371. The summed E-state index contributed by atoms with van der Waals surface area (Å²) in [5.74, 6) is 0.826. The molecule has 1 atom stereocenters. The highest BCUT2D eigenvalue weighted by Crippen LogP contribution is 2.20. The summed E-state index contributed by atoms with van der Waals surface area (Å²) in [6.45, 7) is 1.98. The number of nitrogens with one attached hydrogen (secondary N) is 1. The first-order valence-electron chi connectivity index (χ1n) is 8.73. The molecule has 1 N–H and O–H groups in total. The van der Waals surface area contributed by atoms with Crippen molar-refractivity contribution in [2.24, 2.45) is 0 Å². The van der Waals surface area contributed by atoms with Crippen LogP contribution >= 0.6 is 0 Å². The van der Waals surface area contributed by atoms with Crippen LogP contribution in [0, 0.1) is 0 Å². The van der Waals surface area contributed by atoms with Crippen molar-refractivity contribution < 1.29 is 9.53 Å². The van der Waals surface area contributed by atoms with Gasteiger partial charge in [0.1, 0.15) is 5.75 Å². The standard InChI is InChI=1S/C23H23NO2/c1-17(19-12-14-22(26-2)15-13-19)24-23(25)16-18-8-10-21(11-9-18)20-6-4-3-5-7-20/h3-15,17H,16H2,1-2H3,(H,24,25)/t17-/m0/s1. The van der Waals surface area contributed by atoms with Crippen molar-refractivity contribution in [2.75, 3.05) is 7.11 Å². The van der Waals surface area contributed by atoms with E-state index in [1.807, 2.05) is 61.5 Å². The van der Waals surface area contributed by atoms with E-state index in [4.69, 9.17) is 4.74 Å². The summed E-state index contributed by atoms with van der Waals surface area (Å²) in [6, 6.07) is 26.1. The Hall–Kier alpha value is -3.07. The monoisotopic (exact) mass is 345 g/mol. The molecule has 0 heterocycles. The average molecular weight is 345 g/mol. The number of methoxy groups -OCH3 is 1. The minimum absolute atomic E-state index is 0.0146. The third-order valence-corrected chi connectivity index (χ3v) is 4.42. The van der Waals surface area contributed by atoms with E-state index in [0.717, 1.165) is 22.4 Å². The number of benzene rings is 3. The minimum Gasteiger partial charge on any atom is -0.497 e. The van der Waals surface area contributed by atoms with Crippen molar-refractivity contribution in [3.05, 3.63) is 90.0 Å². The fourth-order valence-electron chi connectivity index (χ4n) is 2.90. The van der Waals surface area contributed by atoms with Gasteiger partial charge in [-0.3, -0.25) is 4.79 Å². The second-order valence-electron chi connectivity index (χ2n) is 6.30.